The third-order valence-corrected chi connectivity index (χ3v) is 2.66. The van der Waals surface area contributed by atoms with Crippen molar-refractivity contribution in [3.63, 3.8) is 0 Å². The van der Waals surface area contributed by atoms with Gasteiger partial charge in [-0.3, -0.25) is 4.55 Å². The van der Waals surface area contributed by atoms with E-state index in [0.29, 0.717) is 5.56 Å². The van der Waals surface area contributed by atoms with Crippen LogP contribution in [-0.4, -0.2) is 26.0 Å². The van der Waals surface area contributed by atoms with Gasteiger partial charge in [-0.1, -0.05) is 12.1 Å². The molecule has 1 N–H and O–H groups in total. The van der Waals surface area contributed by atoms with Gasteiger partial charge in [-0.05, 0) is 23.8 Å². The standard InChI is InChI=1S/C10H10O5S/c1-15-10(11)7-4-8-2-5-9(6-3-8)16(12,13)14/h2-7H,1H3,(H,12,13,14)/b7-4+. The van der Waals surface area contributed by atoms with E-state index in [1.807, 2.05) is 0 Å². The van der Waals surface area contributed by atoms with Gasteiger partial charge in [0.1, 0.15) is 0 Å². The Balaban J connectivity index is 2.88. The van der Waals surface area contributed by atoms with Crippen LogP contribution in [0, 0.1) is 0 Å². The molecule has 0 radical (unpaired) electrons. The molecular formula is C10H10O5S. The van der Waals surface area contributed by atoms with Crippen molar-refractivity contribution in [1.82, 2.24) is 0 Å². The molecule has 0 bridgehead atoms. The first-order chi connectivity index (χ1) is 7.43. The lowest BCUT2D eigenvalue weighted by Crippen LogP contribution is -1.97. The number of hydrogen-bond donors (Lipinski definition) is 1. The van der Waals surface area contributed by atoms with Crippen molar-refractivity contribution < 1.29 is 22.5 Å². The van der Waals surface area contributed by atoms with E-state index in [9.17, 15) is 13.2 Å². The van der Waals surface area contributed by atoms with Gasteiger partial charge in [-0.25, -0.2) is 4.79 Å². The summed E-state index contributed by atoms with van der Waals surface area (Å²) >= 11 is 0. The lowest BCUT2D eigenvalue weighted by molar-refractivity contribution is -0.134. The predicted octanol–water partition coefficient (Wildman–Crippen LogP) is 1.12. The monoisotopic (exact) mass is 242 g/mol. The molecule has 6 heteroatoms. The van der Waals surface area contributed by atoms with Gasteiger partial charge >= 0.3 is 5.97 Å². The highest BCUT2D eigenvalue weighted by atomic mass is 32.2. The lowest BCUT2D eigenvalue weighted by atomic mass is 10.2. The highest BCUT2D eigenvalue weighted by Gasteiger charge is 2.07. The predicted molar refractivity (Wildman–Crippen MR) is 57.3 cm³/mol. The van der Waals surface area contributed by atoms with Gasteiger partial charge in [-0.2, -0.15) is 8.42 Å². The summed E-state index contributed by atoms with van der Waals surface area (Å²) in [6.07, 6.45) is 2.68. The van der Waals surface area contributed by atoms with Crippen LogP contribution in [0.2, 0.25) is 0 Å². The first kappa shape index (κ1) is 12.4. The average molecular weight is 242 g/mol. The van der Waals surface area contributed by atoms with Gasteiger partial charge in [0.2, 0.25) is 0 Å². The second-order valence-corrected chi connectivity index (χ2v) is 4.32. The van der Waals surface area contributed by atoms with Crippen molar-refractivity contribution in [2.24, 2.45) is 0 Å². The molecule has 0 aromatic heterocycles. The van der Waals surface area contributed by atoms with Gasteiger partial charge in [0.15, 0.2) is 0 Å². The Kier molecular flexibility index (Phi) is 3.81. The first-order valence-corrected chi connectivity index (χ1v) is 5.71. The minimum atomic E-state index is -4.17. The Bertz CT molecular complexity index is 499. The maximum atomic E-state index is 10.8. The van der Waals surface area contributed by atoms with Crippen LogP contribution in [0.4, 0.5) is 0 Å². The van der Waals surface area contributed by atoms with E-state index in [-0.39, 0.29) is 4.90 Å². The normalized spacial score (nSPS) is 11.6. The maximum Gasteiger partial charge on any atom is 0.330 e. The summed E-state index contributed by atoms with van der Waals surface area (Å²) in [5, 5.41) is 0. The summed E-state index contributed by atoms with van der Waals surface area (Å²) in [5.41, 5.74) is 0.623. The Morgan fingerprint density at radius 3 is 2.31 bits per heavy atom. The number of carbonyl (C=O) groups is 1. The zero-order valence-electron chi connectivity index (χ0n) is 8.45. The second-order valence-electron chi connectivity index (χ2n) is 2.90. The third kappa shape index (κ3) is 3.48. The number of rotatable bonds is 3. The maximum absolute atomic E-state index is 10.8. The molecule has 0 heterocycles. The minimum absolute atomic E-state index is 0.192. The molecule has 0 aliphatic heterocycles. The van der Waals surface area contributed by atoms with Crippen molar-refractivity contribution in [2.45, 2.75) is 4.90 Å². The van der Waals surface area contributed by atoms with Crippen molar-refractivity contribution in [1.29, 1.82) is 0 Å². The first-order valence-electron chi connectivity index (χ1n) is 4.27. The number of ether oxygens (including phenoxy) is 1. The number of benzene rings is 1. The fourth-order valence-electron chi connectivity index (χ4n) is 0.983. The summed E-state index contributed by atoms with van der Waals surface area (Å²) in [6.45, 7) is 0. The molecule has 0 unspecified atom stereocenters. The second kappa shape index (κ2) is 4.91. The summed E-state index contributed by atoms with van der Waals surface area (Å²) in [4.78, 5) is 10.6. The Morgan fingerprint density at radius 2 is 1.88 bits per heavy atom. The molecule has 0 amide bonds. The molecule has 1 rings (SSSR count). The van der Waals surface area contributed by atoms with Crippen molar-refractivity contribution >= 4 is 22.2 Å². The zero-order valence-corrected chi connectivity index (χ0v) is 9.27. The Morgan fingerprint density at radius 1 is 1.31 bits per heavy atom. The van der Waals surface area contributed by atoms with E-state index < -0.39 is 16.1 Å². The molecule has 0 fully saturated rings. The minimum Gasteiger partial charge on any atom is -0.466 e. The number of esters is 1. The van der Waals surface area contributed by atoms with E-state index in [4.69, 9.17) is 4.55 Å². The van der Waals surface area contributed by atoms with E-state index in [0.717, 1.165) is 0 Å². The van der Waals surface area contributed by atoms with Crippen LogP contribution in [0.15, 0.2) is 35.2 Å². The topological polar surface area (TPSA) is 80.7 Å². The van der Waals surface area contributed by atoms with E-state index >= 15 is 0 Å². The van der Waals surface area contributed by atoms with Gasteiger partial charge in [0.25, 0.3) is 10.1 Å². The van der Waals surface area contributed by atoms with Crippen LogP contribution in [0.3, 0.4) is 0 Å². The SMILES string of the molecule is COC(=O)/C=C/c1ccc(S(=O)(=O)O)cc1. The summed E-state index contributed by atoms with van der Waals surface area (Å²) < 4.78 is 34.5. The van der Waals surface area contributed by atoms with Crippen LogP contribution in [0.5, 0.6) is 0 Å². The summed E-state index contributed by atoms with van der Waals surface area (Å²) in [6, 6.07) is 5.41. The molecule has 0 spiro atoms. The molecule has 1 aromatic carbocycles. The molecule has 0 aliphatic rings. The molecule has 1 aromatic rings. The van der Waals surface area contributed by atoms with E-state index in [2.05, 4.69) is 4.74 Å². The number of methoxy groups -OCH3 is 1. The Hall–Kier alpha value is -1.66. The highest BCUT2D eigenvalue weighted by Crippen LogP contribution is 2.11. The van der Waals surface area contributed by atoms with E-state index in [1.54, 1.807) is 0 Å². The smallest absolute Gasteiger partial charge is 0.330 e. The summed E-state index contributed by atoms with van der Waals surface area (Å²) in [7, 11) is -2.91. The molecule has 16 heavy (non-hydrogen) atoms. The quantitative estimate of drug-likeness (QED) is 0.488. The number of hydrogen-bond acceptors (Lipinski definition) is 4. The molecule has 86 valence electrons. The fourth-order valence-corrected chi connectivity index (χ4v) is 1.46. The zero-order chi connectivity index (χ0) is 12.2. The highest BCUT2D eigenvalue weighted by molar-refractivity contribution is 7.85. The van der Waals surface area contributed by atoms with Gasteiger partial charge in [-0.15, -0.1) is 0 Å². The molecule has 0 saturated heterocycles. The van der Waals surface area contributed by atoms with Crippen LogP contribution < -0.4 is 0 Å². The van der Waals surface area contributed by atoms with Gasteiger partial charge in [0, 0.05) is 6.08 Å². The van der Waals surface area contributed by atoms with Crippen LogP contribution >= 0.6 is 0 Å². The van der Waals surface area contributed by atoms with Gasteiger partial charge < -0.3 is 4.74 Å². The van der Waals surface area contributed by atoms with Crippen LogP contribution in [0.1, 0.15) is 5.56 Å². The Labute approximate surface area is 93.1 Å². The van der Waals surface area contributed by atoms with Gasteiger partial charge in [0.05, 0.1) is 12.0 Å². The van der Waals surface area contributed by atoms with E-state index in [1.165, 1.54) is 43.5 Å². The van der Waals surface area contributed by atoms with Crippen molar-refractivity contribution in [3.8, 4) is 0 Å². The van der Waals surface area contributed by atoms with Crippen LogP contribution in [0.25, 0.3) is 6.08 Å². The number of carbonyl (C=O) groups excluding carboxylic acids is 1. The van der Waals surface area contributed by atoms with Crippen molar-refractivity contribution in [2.75, 3.05) is 7.11 Å². The molecule has 0 aliphatic carbocycles. The lowest BCUT2D eigenvalue weighted by Gasteiger charge is -1.97. The molecule has 0 saturated carbocycles. The van der Waals surface area contributed by atoms with Crippen LogP contribution in [-0.2, 0) is 19.6 Å². The molecular weight excluding hydrogens is 232 g/mol. The average Bonchev–Trinajstić information content (AvgIpc) is 2.25. The molecule has 0 atom stereocenters. The fraction of sp³-hybridized carbons (Fsp3) is 0.100. The largest absolute Gasteiger partial charge is 0.466 e. The summed E-state index contributed by atoms with van der Waals surface area (Å²) in [5.74, 6) is -0.501. The third-order valence-electron chi connectivity index (χ3n) is 1.79. The van der Waals surface area contributed by atoms with Crippen molar-refractivity contribution in [3.05, 3.63) is 35.9 Å². The molecule has 5 nitrogen and oxygen atoms in total.